The summed E-state index contributed by atoms with van der Waals surface area (Å²) in [5.74, 6) is -2.29. The number of rotatable bonds is 3. The third kappa shape index (κ3) is 4.31. The van der Waals surface area contributed by atoms with Crippen LogP contribution in [0.2, 0.25) is 5.02 Å². The largest absolute Gasteiger partial charge is 0.313 e. The predicted octanol–water partition coefficient (Wildman–Crippen LogP) is 3.46. The number of fused-ring (bicyclic) bond motifs is 1. The Morgan fingerprint density at radius 3 is 2.59 bits per heavy atom. The van der Waals surface area contributed by atoms with Gasteiger partial charge in [-0.25, -0.2) is 17.2 Å². The first-order valence-corrected chi connectivity index (χ1v) is 11.8. The number of carbonyl (C=O) groups excluding carboxylic acids is 1. The quantitative estimate of drug-likeness (QED) is 0.707. The topological polar surface area (TPSA) is 66.8 Å². The summed E-state index contributed by atoms with van der Waals surface area (Å²) < 4.78 is 51.9. The lowest BCUT2D eigenvalue weighted by Gasteiger charge is -2.24. The number of sulfone groups is 1. The van der Waals surface area contributed by atoms with Gasteiger partial charge in [-0.1, -0.05) is 35.5 Å². The van der Waals surface area contributed by atoms with Crippen LogP contribution in [-0.4, -0.2) is 42.3 Å². The van der Waals surface area contributed by atoms with Crippen LogP contribution in [0.3, 0.4) is 0 Å². The molecule has 5 nitrogen and oxygen atoms in total. The van der Waals surface area contributed by atoms with E-state index in [4.69, 9.17) is 11.6 Å². The minimum absolute atomic E-state index is 0.00143. The van der Waals surface area contributed by atoms with Gasteiger partial charge in [-0.05, 0) is 29.8 Å². The van der Waals surface area contributed by atoms with Crippen LogP contribution in [0.15, 0.2) is 47.5 Å². The predicted molar refractivity (Wildman–Crippen MR) is 110 cm³/mol. The number of thioether (sulfide) groups is 1. The van der Waals surface area contributed by atoms with Crippen molar-refractivity contribution in [3.63, 3.8) is 0 Å². The molecule has 0 spiro atoms. The molecular weight excluding hydrogens is 442 g/mol. The highest BCUT2D eigenvalue weighted by molar-refractivity contribution is 8.16. The molecule has 4 rings (SSSR count). The number of hydrogen-bond donors (Lipinski definition) is 0. The van der Waals surface area contributed by atoms with E-state index in [1.807, 2.05) is 0 Å². The van der Waals surface area contributed by atoms with E-state index >= 15 is 0 Å². The van der Waals surface area contributed by atoms with Crippen LogP contribution in [0, 0.1) is 11.6 Å². The molecule has 10 heteroatoms. The van der Waals surface area contributed by atoms with Crippen molar-refractivity contribution in [3.8, 4) is 0 Å². The molecule has 2 heterocycles. The Bertz CT molecular complexity index is 1110. The standard InChI is InChI=1S/C19H15ClF2N2O3S2/c20-12-3-1-11(2-4-12)7-18(25)23-19-24(15-6-5-13(21)8-14(15)22)16-9-29(26,27)10-17(16)28-19/h1-6,8,16-17H,7,9-10H2/t16-,17+/m0/s1. The second-order valence-electron chi connectivity index (χ2n) is 6.86. The molecule has 29 heavy (non-hydrogen) atoms. The lowest BCUT2D eigenvalue weighted by molar-refractivity contribution is -0.117. The van der Waals surface area contributed by atoms with Crippen LogP contribution < -0.4 is 4.90 Å². The third-order valence-electron chi connectivity index (χ3n) is 4.72. The van der Waals surface area contributed by atoms with E-state index < -0.39 is 33.4 Å². The fourth-order valence-corrected chi connectivity index (χ4v) is 7.50. The Morgan fingerprint density at radius 1 is 1.17 bits per heavy atom. The molecule has 0 saturated carbocycles. The molecule has 152 valence electrons. The van der Waals surface area contributed by atoms with Gasteiger partial charge in [0.1, 0.15) is 11.6 Å². The summed E-state index contributed by atoms with van der Waals surface area (Å²) in [5.41, 5.74) is 0.718. The molecule has 2 aromatic carbocycles. The van der Waals surface area contributed by atoms with E-state index in [9.17, 15) is 22.0 Å². The van der Waals surface area contributed by atoms with Gasteiger partial charge in [-0.15, -0.1) is 0 Å². The smallest absolute Gasteiger partial charge is 0.252 e. The van der Waals surface area contributed by atoms with Crippen molar-refractivity contribution in [1.29, 1.82) is 0 Å². The van der Waals surface area contributed by atoms with Gasteiger partial charge in [0, 0.05) is 16.3 Å². The maximum Gasteiger partial charge on any atom is 0.252 e. The van der Waals surface area contributed by atoms with Crippen LogP contribution in [-0.2, 0) is 21.1 Å². The fraction of sp³-hybridized carbons (Fsp3) is 0.263. The Hall–Kier alpha value is -1.97. The summed E-state index contributed by atoms with van der Waals surface area (Å²) in [5, 5.41) is 0.400. The molecule has 0 unspecified atom stereocenters. The van der Waals surface area contributed by atoms with E-state index in [1.165, 1.54) is 11.0 Å². The molecule has 2 saturated heterocycles. The number of benzene rings is 2. The molecule has 0 N–H and O–H groups in total. The van der Waals surface area contributed by atoms with Crippen molar-refractivity contribution < 1.29 is 22.0 Å². The zero-order valence-electron chi connectivity index (χ0n) is 14.9. The normalized spacial score (nSPS) is 24.1. The molecule has 2 aliphatic rings. The highest BCUT2D eigenvalue weighted by atomic mass is 35.5. The number of halogens is 3. The van der Waals surface area contributed by atoms with Crippen LogP contribution in [0.4, 0.5) is 14.5 Å². The lowest BCUT2D eigenvalue weighted by atomic mass is 10.1. The van der Waals surface area contributed by atoms with Crippen LogP contribution in [0.25, 0.3) is 0 Å². The van der Waals surface area contributed by atoms with Gasteiger partial charge < -0.3 is 4.90 Å². The molecule has 2 aromatic rings. The molecule has 2 aliphatic heterocycles. The number of hydrogen-bond acceptors (Lipinski definition) is 4. The Labute approximate surface area is 175 Å². The molecule has 0 aromatic heterocycles. The SMILES string of the molecule is O=C(Cc1ccc(Cl)cc1)N=C1S[C@@H]2CS(=O)(=O)C[C@@H]2N1c1ccc(F)cc1F. The van der Waals surface area contributed by atoms with Crippen molar-refractivity contribution in [3.05, 3.63) is 64.7 Å². The molecule has 2 atom stereocenters. The Balaban J connectivity index is 1.66. The van der Waals surface area contributed by atoms with Gasteiger partial charge in [0.2, 0.25) is 0 Å². The summed E-state index contributed by atoms with van der Waals surface area (Å²) in [6.45, 7) is 0. The summed E-state index contributed by atoms with van der Waals surface area (Å²) in [7, 11) is -3.28. The third-order valence-corrected chi connectivity index (χ3v) is 8.19. The number of carbonyl (C=O) groups is 1. The average molecular weight is 457 g/mol. The van der Waals surface area contributed by atoms with Gasteiger partial charge >= 0.3 is 0 Å². The summed E-state index contributed by atoms with van der Waals surface area (Å²) in [4.78, 5) is 18.0. The van der Waals surface area contributed by atoms with Gasteiger partial charge in [0.15, 0.2) is 15.0 Å². The van der Waals surface area contributed by atoms with Crippen molar-refractivity contribution >= 4 is 50.0 Å². The van der Waals surface area contributed by atoms with E-state index in [0.717, 1.165) is 23.9 Å². The summed E-state index contributed by atoms with van der Waals surface area (Å²) in [6.07, 6.45) is 0.0224. The molecule has 0 radical (unpaired) electrons. The minimum Gasteiger partial charge on any atom is -0.313 e. The van der Waals surface area contributed by atoms with E-state index in [0.29, 0.717) is 10.6 Å². The second-order valence-corrected chi connectivity index (χ2v) is 10.7. The molecule has 1 amide bonds. The van der Waals surface area contributed by atoms with Crippen molar-refractivity contribution in [2.24, 2.45) is 4.99 Å². The van der Waals surface area contributed by atoms with Crippen LogP contribution in [0.1, 0.15) is 5.56 Å². The minimum atomic E-state index is -3.28. The Kier molecular flexibility index (Phi) is 5.39. The Morgan fingerprint density at radius 2 is 1.90 bits per heavy atom. The first kappa shape index (κ1) is 20.3. The maximum atomic E-state index is 14.5. The van der Waals surface area contributed by atoms with E-state index in [-0.39, 0.29) is 34.0 Å². The summed E-state index contributed by atoms with van der Waals surface area (Å²) in [6, 6.07) is 9.23. The highest BCUT2D eigenvalue weighted by Gasteiger charge is 2.50. The van der Waals surface area contributed by atoms with Gasteiger partial charge in [0.05, 0.1) is 29.7 Å². The molecule has 0 aliphatic carbocycles. The molecule has 2 fully saturated rings. The first-order valence-electron chi connectivity index (χ1n) is 8.69. The van der Waals surface area contributed by atoms with E-state index in [1.54, 1.807) is 24.3 Å². The molecular formula is C19H15ClF2N2O3S2. The fourth-order valence-electron chi connectivity index (χ4n) is 3.45. The highest BCUT2D eigenvalue weighted by Crippen LogP contribution is 2.41. The van der Waals surface area contributed by atoms with Crippen molar-refractivity contribution in [1.82, 2.24) is 0 Å². The second kappa shape index (κ2) is 7.70. The average Bonchev–Trinajstić information content (AvgIpc) is 3.08. The summed E-state index contributed by atoms with van der Waals surface area (Å²) >= 11 is 6.98. The number of nitrogens with zero attached hydrogens (tertiary/aromatic N) is 2. The number of anilines is 1. The monoisotopic (exact) mass is 456 g/mol. The first-order chi connectivity index (χ1) is 13.7. The van der Waals surface area contributed by atoms with Crippen LogP contribution in [0.5, 0.6) is 0 Å². The molecule has 0 bridgehead atoms. The van der Waals surface area contributed by atoms with Gasteiger partial charge in [-0.2, -0.15) is 4.99 Å². The van der Waals surface area contributed by atoms with Crippen molar-refractivity contribution in [2.75, 3.05) is 16.4 Å². The number of amides is 1. The van der Waals surface area contributed by atoms with Gasteiger partial charge in [0.25, 0.3) is 5.91 Å². The number of aliphatic imine (C=N–C) groups is 1. The maximum absolute atomic E-state index is 14.5. The number of amidine groups is 1. The van der Waals surface area contributed by atoms with Crippen LogP contribution >= 0.6 is 23.4 Å². The zero-order chi connectivity index (χ0) is 20.8. The lowest BCUT2D eigenvalue weighted by Crippen LogP contribution is -2.38. The van der Waals surface area contributed by atoms with Crippen molar-refractivity contribution in [2.45, 2.75) is 17.7 Å². The van der Waals surface area contributed by atoms with E-state index in [2.05, 4.69) is 4.99 Å². The van der Waals surface area contributed by atoms with Gasteiger partial charge in [-0.3, -0.25) is 4.79 Å². The zero-order valence-corrected chi connectivity index (χ0v) is 17.3.